The van der Waals surface area contributed by atoms with Gasteiger partial charge in [0, 0.05) is 53.8 Å². The molecule has 5 aromatic rings. The maximum absolute atomic E-state index is 13.4. The first kappa shape index (κ1) is 35.9. The molecule has 0 spiro atoms. The van der Waals surface area contributed by atoms with Crippen molar-refractivity contribution in [1.82, 2.24) is 19.7 Å². The summed E-state index contributed by atoms with van der Waals surface area (Å²) in [6.07, 6.45) is 1.67. The van der Waals surface area contributed by atoms with Gasteiger partial charge in [-0.05, 0) is 48.9 Å². The molecule has 0 aliphatic carbocycles. The zero-order valence-electron chi connectivity index (χ0n) is 29.6. The highest BCUT2D eigenvalue weighted by molar-refractivity contribution is 7.99. The number of urea groups is 1. The van der Waals surface area contributed by atoms with Crippen LogP contribution in [0.1, 0.15) is 37.6 Å². The number of thioether (sulfide) groups is 1. The lowest BCUT2D eigenvalue weighted by Crippen LogP contribution is -2.37. The highest BCUT2D eigenvalue weighted by Gasteiger charge is 2.22. The summed E-state index contributed by atoms with van der Waals surface area (Å²) in [7, 11) is 0. The van der Waals surface area contributed by atoms with Crippen LogP contribution in [0.4, 0.5) is 22.1 Å². The van der Waals surface area contributed by atoms with E-state index in [1.54, 1.807) is 22.6 Å². The number of carbonyl (C=O) groups is 2. The molecule has 0 atom stereocenters. The zero-order chi connectivity index (χ0) is 35.8. The topological polar surface area (TPSA) is 123 Å². The molecule has 0 unspecified atom stereocenters. The molecule has 2 aromatic heterocycles. The van der Waals surface area contributed by atoms with E-state index in [4.69, 9.17) is 14.6 Å². The van der Waals surface area contributed by atoms with Gasteiger partial charge in [0.25, 0.3) is 0 Å². The molecule has 11 nitrogen and oxygen atoms in total. The van der Waals surface area contributed by atoms with E-state index in [2.05, 4.69) is 46.6 Å². The number of nitrogens with zero attached hydrogens (tertiary/aromatic N) is 4. The van der Waals surface area contributed by atoms with Crippen LogP contribution in [0.25, 0.3) is 16.5 Å². The van der Waals surface area contributed by atoms with Gasteiger partial charge in [-0.25, -0.2) is 14.5 Å². The van der Waals surface area contributed by atoms with Crippen LogP contribution in [0.5, 0.6) is 5.75 Å². The van der Waals surface area contributed by atoms with Crippen LogP contribution in [-0.2, 0) is 21.6 Å². The number of nitrogens with one attached hydrogen (secondary N) is 3. The summed E-state index contributed by atoms with van der Waals surface area (Å²) < 4.78 is 13.4. The van der Waals surface area contributed by atoms with Crippen molar-refractivity contribution in [1.29, 1.82) is 0 Å². The lowest BCUT2D eigenvalue weighted by Gasteiger charge is -2.26. The Bertz CT molecular complexity index is 1970. The van der Waals surface area contributed by atoms with Crippen molar-refractivity contribution in [2.24, 2.45) is 0 Å². The molecule has 12 heteroatoms. The molecule has 0 bridgehead atoms. The predicted octanol–water partition coefficient (Wildman–Crippen LogP) is 7.25. The van der Waals surface area contributed by atoms with Crippen molar-refractivity contribution >= 4 is 51.8 Å². The quantitative estimate of drug-likeness (QED) is 0.116. The van der Waals surface area contributed by atoms with Crippen LogP contribution in [-0.4, -0.2) is 76.0 Å². The summed E-state index contributed by atoms with van der Waals surface area (Å²) in [6.45, 7) is 13.0. The Morgan fingerprint density at radius 1 is 0.922 bits per heavy atom. The molecule has 1 aliphatic rings. The van der Waals surface area contributed by atoms with E-state index < -0.39 is 0 Å². The number of fused-ring (bicyclic) bond motifs is 1. The summed E-state index contributed by atoms with van der Waals surface area (Å²) in [5.74, 6) is 2.90. The number of aryl methyl sites for hydroxylation is 1. The van der Waals surface area contributed by atoms with Gasteiger partial charge in [0.1, 0.15) is 24.0 Å². The Balaban J connectivity index is 1.08. The van der Waals surface area contributed by atoms with E-state index in [1.807, 2.05) is 85.8 Å². The fraction of sp³-hybridized carbons (Fsp3) is 0.333. The van der Waals surface area contributed by atoms with Crippen molar-refractivity contribution in [3.05, 3.63) is 102 Å². The number of carbonyl (C=O) groups excluding carboxylic acids is 2. The first-order chi connectivity index (χ1) is 24.6. The summed E-state index contributed by atoms with van der Waals surface area (Å²) >= 11 is 1.61. The Morgan fingerprint density at radius 2 is 1.69 bits per heavy atom. The van der Waals surface area contributed by atoms with Gasteiger partial charge in [-0.1, -0.05) is 62.7 Å². The lowest BCUT2D eigenvalue weighted by atomic mass is 9.92. The van der Waals surface area contributed by atoms with E-state index in [0.29, 0.717) is 28.8 Å². The van der Waals surface area contributed by atoms with Gasteiger partial charge in [-0.15, -0.1) is 0 Å². The molecular formula is C39H45N7O4S. The molecule has 3 N–H and O–H groups in total. The maximum Gasteiger partial charge on any atom is 0.324 e. The molecule has 6 rings (SSSR count). The second-order valence-corrected chi connectivity index (χ2v) is 14.6. The standard InChI is InChI=1S/C39H45N7O4S/c1-27-9-11-29(12-10-27)46-36(24-34(44-46)39(2,3)4)43-38(48)41-32-13-14-33(31-8-6-5-7-30(31)32)50-25-28-15-16-40-35(23-28)42-37(47)26-51-22-19-45-17-20-49-21-18-45/h5-16,23-24H,17-22,25-26H2,1-4H3,(H,40,42,47)(H2,41,43,48). The summed E-state index contributed by atoms with van der Waals surface area (Å²) in [6, 6.07) is 24.7. The zero-order valence-corrected chi connectivity index (χ0v) is 30.4. The average Bonchev–Trinajstić information content (AvgIpc) is 3.55. The fourth-order valence-electron chi connectivity index (χ4n) is 5.65. The summed E-state index contributed by atoms with van der Waals surface area (Å²) in [5, 5.41) is 15.5. The van der Waals surface area contributed by atoms with Gasteiger partial charge in [-0.2, -0.15) is 16.9 Å². The van der Waals surface area contributed by atoms with Gasteiger partial charge < -0.3 is 20.1 Å². The fourth-order valence-corrected chi connectivity index (χ4v) is 6.44. The molecule has 3 aromatic carbocycles. The van der Waals surface area contributed by atoms with Gasteiger partial charge in [-0.3, -0.25) is 15.0 Å². The molecule has 1 saturated heterocycles. The average molecular weight is 708 g/mol. The molecule has 3 heterocycles. The molecule has 0 saturated carbocycles. The third kappa shape index (κ3) is 9.66. The molecule has 266 valence electrons. The monoisotopic (exact) mass is 707 g/mol. The van der Waals surface area contributed by atoms with Crippen LogP contribution in [0.2, 0.25) is 0 Å². The Labute approximate surface area is 303 Å². The van der Waals surface area contributed by atoms with E-state index >= 15 is 0 Å². The number of aromatic nitrogens is 3. The maximum atomic E-state index is 13.4. The van der Waals surface area contributed by atoms with Gasteiger partial charge >= 0.3 is 6.03 Å². The van der Waals surface area contributed by atoms with Gasteiger partial charge in [0.15, 0.2) is 0 Å². The summed E-state index contributed by atoms with van der Waals surface area (Å²) in [5.41, 5.74) is 4.17. The van der Waals surface area contributed by atoms with E-state index in [9.17, 15) is 9.59 Å². The third-order valence-electron chi connectivity index (χ3n) is 8.51. The molecule has 0 radical (unpaired) electrons. The van der Waals surface area contributed by atoms with Crippen LogP contribution in [0.15, 0.2) is 85.1 Å². The minimum Gasteiger partial charge on any atom is -0.488 e. The van der Waals surface area contributed by atoms with Crippen LogP contribution in [0, 0.1) is 6.92 Å². The number of hydrogen-bond donors (Lipinski definition) is 3. The predicted molar refractivity (Wildman–Crippen MR) is 205 cm³/mol. The van der Waals surface area contributed by atoms with Crippen LogP contribution >= 0.6 is 11.8 Å². The van der Waals surface area contributed by atoms with Crippen molar-refractivity contribution in [2.75, 3.05) is 60.3 Å². The lowest BCUT2D eigenvalue weighted by molar-refractivity contribution is -0.113. The van der Waals surface area contributed by atoms with E-state index in [0.717, 1.165) is 71.9 Å². The number of pyridine rings is 1. The number of benzene rings is 3. The smallest absolute Gasteiger partial charge is 0.324 e. The number of morpholine rings is 1. The molecule has 3 amide bonds. The first-order valence-electron chi connectivity index (χ1n) is 17.2. The second-order valence-electron chi connectivity index (χ2n) is 13.5. The first-order valence-corrected chi connectivity index (χ1v) is 18.3. The largest absolute Gasteiger partial charge is 0.488 e. The van der Waals surface area contributed by atoms with Crippen LogP contribution < -0.4 is 20.7 Å². The molecule has 1 fully saturated rings. The summed E-state index contributed by atoms with van der Waals surface area (Å²) in [4.78, 5) is 32.7. The second kappa shape index (κ2) is 16.4. The Hall–Kier alpha value is -4.91. The number of rotatable bonds is 12. The molecule has 51 heavy (non-hydrogen) atoms. The number of anilines is 3. The minimum absolute atomic E-state index is 0.0834. The van der Waals surface area contributed by atoms with Gasteiger partial charge in [0.05, 0.1) is 36.0 Å². The van der Waals surface area contributed by atoms with E-state index in [1.165, 1.54) is 0 Å². The number of hydrogen-bond acceptors (Lipinski definition) is 8. The highest BCUT2D eigenvalue weighted by Crippen LogP contribution is 2.33. The minimum atomic E-state index is -0.385. The van der Waals surface area contributed by atoms with Crippen molar-refractivity contribution in [2.45, 2.75) is 39.7 Å². The van der Waals surface area contributed by atoms with Crippen molar-refractivity contribution < 1.29 is 19.1 Å². The number of ether oxygens (including phenoxy) is 2. The Morgan fingerprint density at radius 3 is 2.45 bits per heavy atom. The molecular weight excluding hydrogens is 663 g/mol. The van der Waals surface area contributed by atoms with Crippen molar-refractivity contribution in [3.63, 3.8) is 0 Å². The normalized spacial score (nSPS) is 13.6. The van der Waals surface area contributed by atoms with Gasteiger partial charge in [0.2, 0.25) is 5.91 Å². The highest BCUT2D eigenvalue weighted by atomic mass is 32.2. The number of amides is 3. The van der Waals surface area contributed by atoms with Crippen LogP contribution in [0.3, 0.4) is 0 Å². The SMILES string of the molecule is Cc1ccc(-n2nc(C(C)(C)C)cc2NC(=O)Nc2ccc(OCc3ccnc(NC(=O)CSCCN4CCOCC4)c3)c3ccccc23)cc1. The van der Waals surface area contributed by atoms with Crippen molar-refractivity contribution in [3.8, 4) is 11.4 Å². The molecule has 1 aliphatic heterocycles. The Kier molecular flexibility index (Phi) is 11.5. The van der Waals surface area contributed by atoms with E-state index in [-0.39, 0.29) is 24.0 Å². The third-order valence-corrected chi connectivity index (χ3v) is 9.44.